The molecule has 0 amide bonds. The van der Waals surface area contributed by atoms with Crippen LogP contribution in [-0.4, -0.2) is 31.2 Å². The summed E-state index contributed by atoms with van der Waals surface area (Å²) >= 11 is 0. The van der Waals surface area contributed by atoms with Crippen molar-refractivity contribution in [2.24, 2.45) is 16.5 Å². The lowest BCUT2D eigenvalue weighted by Crippen LogP contribution is -2.25. The number of carbonyl (C=O) groups is 2. The minimum absolute atomic E-state index is 0.240. The molecule has 0 aromatic heterocycles. The molecule has 1 aromatic carbocycles. The zero-order chi connectivity index (χ0) is 18.5. The highest BCUT2D eigenvalue weighted by Crippen LogP contribution is 2.31. The fourth-order valence-corrected chi connectivity index (χ4v) is 1.59. The molecule has 0 heterocycles. The Kier molecular flexibility index (Phi) is 6.04. The monoisotopic (exact) mass is 347 g/mol. The van der Waals surface area contributed by atoms with Crippen LogP contribution in [0.2, 0.25) is 0 Å². The fourth-order valence-electron chi connectivity index (χ4n) is 1.59. The third kappa shape index (κ3) is 4.54. The van der Waals surface area contributed by atoms with E-state index >= 15 is 0 Å². The molecule has 0 aliphatic heterocycles. The van der Waals surface area contributed by atoms with Crippen molar-refractivity contribution >= 4 is 17.6 Å². The Balaban J connectivity index is 2.89. The SMILES string of the molecule is CN=C(N)/C(=C\N)C(=O)OCC(=O)c1ccc(F)c(C(F)(F)F)c1. The number of hydrogen-bond acceptors (Lipinski definition) is 5. The predicted molar refractivity (Wildman–Crippen MR) is 76.5 cm³/mol. The Labute approximate surface area is 133 Å². The Morgan fingerprint density at radius 1 is 1.33 bits per heavy atom. The highest BCUT2D eigenvalue weighted by molar-refractivity contribution is 6.18. The number of benzene rings is 1. The second kappa shape index (κ2) is 7.57. The van der Waals surface area contributed by atoms with Crippen molar-refractivity contribution in [2.45, 2.75) is 6.18 Å². The zero-order valence-electron chi connectivity index (χ0n) is 12.4. The van der Waals surface area contributed by atoms with E-state index in [-0.39, 0.29) is 11.4 Å². The lowest BCUT2D eigenvalue weighted by Gasteiger charge is -2.10. The van der Waals surface area contributed by atoms with Crippen molar-refractivity contribution in [2.75, 3.05) is 13.7 Å². The minimum Gasteiger partial charge on any atom is -0.454 e. The molecular formula is C14H13F4N3O3. The van der Waals surface area contributed by atoms with Crippen LogP contribution in [0.25, 0.3) is 0 Å². The molecule has 4 N–H and O–H groups in total. The first-order valence-corrected chi connectivity index (χ1v) is 6.33. The molecule has 0 spiro atoms. The van der Waals surface area contributed by atoms with Crippen molar-refractivity contribution < 1.29 is 31.9 Å². The Morgan fingerprint density at radius 2 is 1.96 bits per heavy atom. The van der Waals surface area contributed by atoms with Gasteiger partial charge in [-0.2, -0.15) is 13.2 Å². The van der Waals surface area contributed by atoms with Gasteiger partial charge in [0.05, 0.1) is 5.56 Å². The molecule has 10 heteroatoms. The van der Waals surface area contributed by atoms with Gasteiger partial charge in [0.2, 0.25) is 0 Å². The topological polar surface area (TPSA) is 108 Å². The molecule has 0 saturated carbocycles. The molecule has 0 aliphatic carbocycles. The maximum Gasteiger partial charge on any atom is 0.419 e. The second-order valence-electron chi connectivity index (χ2n) is 4.38. The van der Waals surface area contributed by atoms with Crippen LogP contribution >= 0.6 is 0 Å². The van der Waals surface area contributed by atoms with Gasteiger partial charge in [0.1, 0.15) is 17.2 Å². The van der Waals surface area contributed by atoms with Gasteiger partial charge in [0.25, 0.3) is 0 Å². The van der Waals surface area contributed by atoms with E-state index in [9.17, 15) is 27.2 Å². The lowest BCUT2D eigenvalue weighted by atomic mass is 10.1. The molecule has 0 saturated heterocycles. The maximum atomic E-state index is 13.2. The smallest absolute Gasteiger partial charge is 0.419 e. The number of hydrogen-bond donors (Lipinski definition) is 2. The van der Waals surface area contributed by atoms with Crippen LogP contribution in [0.3, 0.4) is 0 Å². The normalized spacial score (nSPS) is 12.9. The highest BCUT2D eigenvalue weighted by Gasteiger charge is 2.34. The standard InChI is InChI=1S/C14H13F4N3O3/c1-21-12(20)8(5-19)13(23)24-6-11(22)7-2-3-10(15)9(4-7)14(16,17)18/h2-5H,6,19H2,1H3,(H2,20,21)/b8-5+. The van der Waals surface area contributed by atoms with Gasteiger partial charge in [-0.25, -0.2) is 9.18 Å². The van der Waals surface area contributed by atoms with Crippen molar-refractivity contribution in [3.63, 3.8) is 0 Å². The van der Waals surface area contributed by atoms with Crippen molar-refractivity contribution in [3.05, 3.63) is 46.9 Å². The van der Waals surface area contributed by atoms with E-state index in [0.29, 0.717) is 12.1 Å². The predicted octanol–water partition coefficient (Wildman–Crippen LogP) is 1.40. The summed E-state index contributed by atoms with van der Waals surface area (Å²) in [5, 5.41) is 0. The summed E-state index contributed by atoms with van der Waals surface area (Å²) in [6.07, 6.45) is -4.15. The molecule has 0 atom stereocenters. The number of ketones is 1. The number of ether oxygens (including phenoxy) is 1. The summed E-state index contributed by atoms with van der Waals surface area (Å²) in [7, 11) is 1.29. The third-order valence-corrected chi connectivity index (χ3v) is 2.83. The first-order chi connectivity index (χ1) is 11.1. The van der Waals surface area contributed by atoms with Crippen molar-refractivity contribution in [3.8, 4) is 0 Å². The highest BCUT2D eigenvalue weighted by atomic mass is 19.4. The molecule has 0 radical (unpaired) electrons. The largest absolute Gasteiger partial charge is 0.454 e. The van der Waals surface area contributed by atoms with Crippen LogP contribution in [0.1, 0.15) is 15.9 Å². The molecule has 0 fully saturated rings. The van der Waals surface area contributed by atoms with Gasteiger partial charge >= 0.3 is 12.1 Å². The van der Waals surface area contributed by atoms with Crippen molar-refractivity contribution in [1.29, 1.82) is 0 Å². The fraction of sp³-hybridized carbons (Fsp3) is 0.214. The van der Waals surface area contributed by atoms with Gasteiger partial charge in [-0.15, -0.1) is 0 Å². The molecule has 130 valence electrons. The summed E-state index contributed by atoms with van der Waals surface area (Å²) in [6.45, 7) is -0.879. The van der Waals surface area contributed by atoms with E-state index in [2.05, 4.69) is 9.73 Å². The molecule has 6 nitrogen and oxygen atoms in total. The minimum atomic E-state index is -4.96. The van der Waals surface area contributed by atoms with E-state index < -0.39 is 41.5 Å². The van der Waals surface area contributed by atoms with E-state index in [4.69, 9.17) is 11.5 Å². The summed E-state index contributed by atoms with van der Waals surface area (Å²) in [5.41, 5.74) is 8.19. The number of esters is 1. The first-order valence-electron chi connectivity index (χ1n) is 6.33. The van der Waals surface area contributed by atoms with Crippen LogP contribution in [0, 0.1) is 5.82 Å². The second-order valence-corrected chi connectivity index (χ2v) is 4.38. The van der Waals surface area contributed by atoms with Gasteiger partial charge in [-0.05, 0) is 18.2 Å². The summed E-state index contributed by atoms with van der Waals surface area (Å²) in [6, 6.07) is 1.69. The van der Waals surface area contributed by atoms with E-state index in [0.717, 1.165) is 12.3 Å². The van der Waals surface area contributed by atoms with E-state index in [1.807, 2.05) is 0 Å². The number of amidine groups is 1. The number of aliphatic imine (C=N–C) groups is 1. The van der Waals surface area contributed by atoms with Crippen LogP contribution in [0.5, 0.6) is 0 Å². The Hall–Kier alpha value is -2.91. The summed E-state index contributed by atoms with van der Waals surface area (Å²) in [5.74, 6) is -3.79. The summed E-state index contributed by atoms with van der Waals surface area (Å²) < 4.78 is 55.6. The van der Waals surface area contributed by atoms with Crippen LogP contribution in [-0.2, 0) is 15.7 Å². The van der Waals surface area contributed by atoms with E-state index in [1.165, 1.54) is 7.05 Å². The third-order valence-electron chi connectivity index (χ3n) is 2.83. The number of rotatable bonds is 5. The number of carbonyl (C=O) groups excluding carboxylic acids is 2. The molecule has 1 rings (SSSR count). The molecule has 24 heavy (non-hydrogen) atoms. The van der Waals surface area contributed by atoms with E-state index in [1.54, 1.807) is 0 Å². The average molecular weight is 347 g/mol. The number of alkyl halides is 3. The number of halogens is 4. The summed E-state index contributed by atoms with van der Waals surface area (Å²) in [4.78, 5) is 27.0. The Morgan fingerprint density at radius 3 is 2.46 bits per heavy atom. The number of nitrogens with two attached hydrogens (primary N) is 2. The quantitative estimate of drug-likeness (QED) is 0.209. The lowest BCUT2D eigenvalue weighted by molar-refractivity contribution is -0.140. The first kappa shape index (κ1) is 19.1. The van der Waals surface area contributed by atoms with Gasteiger partial charge in [0.15, 0.2) is 12.4 Å². The van der Waals surface area contributed by atoms with Gasteiger partial charge in [-0.1, -0.05) is 0 Å². The average Bonchev–Trinajstić information content (AvgIpc) is 2.52. The molecular weight excluding hydrogens is 334 g/mol. The molecule has 0 aliphatic rings. The zero-order valence-corrected chi connectivity index (χ0v) is 12.4. The number of nitrogens with zero attached hydrogens (tertiary/aromatic N) is 1. The van der Waals surface area contributed by atoms with Gasteiger partial charge in [-0.3, -0.25) is 9.79 Å². The van der Waals surface area contributed by atoms with Crippen molar-refractivity contribution in [1.82, 2.24) is 0 Å². The molecule has 0 unspecified atom stereocenters. The molecule has 1 aromatic rings. The molecule has 0 bridgehead atoms. The van der Waals surface area contributed by atoms with Crippen LogP contribution in [0.4, 0.5) is 17.6 Å². The van der Waals surface area contributed by atoms with Gasteiger partial charge in [0, 0.05) is 18.8 Å². The maximum absolute atomic E-state index is 13.2. The van der Waals surface area contributed by atoms with Crippen LogP contribution < -0.4 is 11.5 Å². The van der Waals surface area contributed by atoms with Crippen LogP contribution in [0.15, 0.2) is 35.0 Å². The number of Topliss-reactive ketones (excluding diaryl/α,β-unsaturated/α-hetero) is 1. The van der Waals surface area contributed by atoms with Gasteiger partial charge < -0.3 is 16.2 Å². The Bertz CT molecular complexity index is 712.